The SMILES string of the molecule is C=CCSc1ccc(F)cc1. The molecular weight excluding hydrogens is 159 g/mol. The highest BCUT2D eigenvalue weighted by molar-refractivity contribution is 7.99. The fraction of sp³-hybridized carbons (Fsp3) is 0.111. The van der Waals surface area contributed by atoms with Crippen molar-refractivity contribution in [2.75, 3.05) is 5.75 Å². The van der Waals surface area contributed by atoms with Crippen molar-refractivity contribution >= 4 is 11.8 Å². The van der Waals surface area contributed by atoms with Crippen molar-refractivity contribution in [2.24, 2.45) is 0 Å². The molecule has 0 aliphatic rings. The predicted molar refractivity (Wildman–Crippen MR) is 47.3 cm³/mol. The lowest BCUT2D eigenvalue weighted by Gasteiger charge is -1.95. The van der Waals surface area contributed by atoms with Gasteiger partial charge in [0.1, 0.15) is 5.82 Å². The molecule has 2 heteroatoms. The Balaban J connectivity index is 2.58. The molecule has 0 radical (unpaired) electrons. The second-order valence-electron chi connectivity index (χ2n) is 2.05. The van der Waals surface area contributed by atoms with Crippen molar-refractivity contribution in [2.45, 2.75) is 4.90 Å². The smallest absolute Gasteiger partial charge is 0.123 e. The van der Waals surface area contributed by atoms with E-state index in [1.807, 2.05) is 6.08 Å². The maximum atomic E-state index is 12.4. The predicted octanol–water partition coefficient (Wildman–Crippen LogP) is 3.10. The first kappa shape index (κ1) is 8.34. The second kappa shape index (κ2) is 4.19. The van der Waals surface area contributed by atoms with Crippen LogP contribution in [-0.2, 0) is 0 Å². The van der Waals surface area contributed by atoms with Gasteiger partial charge in [-0.15, -0.1) is 18.3 Å². The number of hydrogen-bond donors (Lipinski definition) is 0. The van der Waals surface area contributed by atoms with Gasteiger partial charge in [-0.3, -0.25) is 0 Å². The van der Waals surface area contributed by atoms with Crippen molar-refractivity contribution in [3.05, 3.63) is 42.7 Å². The molecule has 0 heterocycles. The van der Waals surface area contributed by atoms with Crippen molar-refractivity contribution in [1.29, 1.82) is 0 Å². The third-order valence-electron chi connectivity index (χ3n) is 1.18. The largest absolute Gasteiger partial charge is 0.207 e. The number of halogens is 1. The van der Waals surface area contributed by atoms with Crippen LogP contribution in [0.1, 0.15) is 0 Å². The third kappa shape index (κ3) is 2.76. The minimum Gasteiger partial charge on any atom is -0.207 e. The summed E-state index contributed by atoms with van der Waals surface area (Å²) in [7, 11) is 0. The van der Waals surface area contributed by atoms with Crippen LogP contribution >= 0.6 is 11.8 Å². The van der Waals surface area contributed by atoms with E-state index in [-0.39, 0.29) is 5.82 Å². The average Bonchev–Trinajstić information content (AvgIpc) is 2.04. The fourth-order valence-electron chi connectivity index (χ4n) is 0.686. The van der Waals surface area contributed by atoms with Gasteiger partial charge >= 0.3 is 0 Å². The zero-order chi connectivity index (χ0) is 8.10. The average molecular weight is 168 g/mol. The molecular formula is C9H9FS. The van der Waals surface area contributed by atoms with Gasteiger partial charge in [0, 0.05) is 10.6 Å². The van der Waals surface area contributed by atoms with Gasteiger partial charge in [0.05, 0.1) is 0 Å². The molecule has 0 aromatic heterocycles. The number of benzene rings is 1. The van der Waals surface area contributed by atoms with Crippen LogP contribution in [0.15, 0.2) is 41.8 Å². The van der Waals surface area contributed by atoms with Gasteiger partial charge in [0.15, 0.2) is 0 Å². The van der Waals surface area contributed by atoms with Crippen LogP contribution in [-0.4, -0.2) is 5.75 Å². The molecule has 1 aromatic carbocycles. The number of thioether (sulfide) groups is 1. The van der Waals surface area contributed by atoms with E-state index in [4.69, 9.17) is 0 Å². The van der Waals surface area contributed by atoms with Crippen molar-refractivity contribution in [1.82, 2.24) is 0 Å². The Bertz CT molecular complexity index is 228. The third-order valence-corrected chi connectivity index (χ3v) is 2.19. The van der Waals surface area contributed by atoms with E-state index >= 15 is 0 Å². The molecule has 0 nitrogen and oxygen atoms in total. The molecule has 0 saturated heterocycles. The molecule has 0 aliphatic heterocycles. The molecule has 11 heavy (non-hydrogen) atoms. The molecule has 0 saturated carbocycles. The van der Waals surface area contributed by atoms with Crippen LogP contribution in [0.4, 0.5) is 4.39 Å². The molecule has 1 rings (SSSR count). The zero-order valence-electron chi connectivity index (χ0n) is 6.09. The van der Waals surface area contributed by atoms with Gasteiger partial charge < -0.3 is 0 Å². The molecule has 1 aromatic rings. The molecule has 58 valence electrons. The Morgan fingerprint density at radius 2 is 2.00 bits per heavy atom. The zero-order valence-corrected chi connectivity index (χ0v) is 6.90. The minimum absolute atomic E-state index is 0.187. The highest BCUT2D eigenvalue weighted by Crippen LogP contribution is 2.17. The summed E-state index contributed by atoms with van der Waals surface area (Å²) >= 11 is 1.64. The summed E-state index contributed by atoms with van der Waals surface area (Å²) < 4.78 is 12.4. The maximum absolute atomic E-state index is 12.4. The summed E-state index contributed by atoms with van der Waals surface area (Å²) in [6.45, 7) is 3.60. The number of rotatable bonds is 3. The Labute approximate surface area is 70.1 Å². The monoisotopic (exact) mass is 168 g/mol. The van der Waals surface area contributed by atoms with Gasteiger partial charge in [-0.1, -0.05) is 6.08 Å². The first-order valence-electron chi connectivity index (χ1n) is 3.32. The van der Waals surface area contributed by atoms with E-state index in [0.717, 1.165) is 10.6 Å². The van der Waals surface area contributed by atoms with E-state index in [9.17, 15) is 4.39 Å². The van der Waals surface area contributed by atoms with E-state index < -0.39 is 0 Å². The second-order valence-corrected chi connectivity index (χ2v) is 3.15. The topological polar surface area (TPSA) is 0 Å². The highest BCUT2D eigenvalue weighted by atomic mass is 32.2. The molecule has 0 unspecified atom stereocenters. The van der Waals surface area contributed by atoms with Crippen molar-refractivity contribution < 1.29 is 4.39 Å². The highest BCUT2D eigenvalue weighted by Gasteiger charge is 1.91. The van der Waals surface area contributed by atoms with E-state index in [1.165, 1.54) is 12.1 Å². The Hall–Kier alpha value is -0.760. The standard InChI is InChI=1S/C9H9FS/c1-2-7-11-9-5-3-8(10)4-6-9/h2-6H,1,7H2. The molecule has 0 N–H and O–H groups in total. The summed E-state index contributed by atoms with van der Waals surface area (Å²) in [5.41, 5.74) is 0. The molecule has 0 aliphatic carbocycles. The van der Waals surface area contributed by atoms with E-state index in [2.05, 4.69) is 6.58 Å². The molecule has 0 fully saturated rings. The van der Waals surface area contributed by atoms with Gasteiger partial charge in [-0.2, -0.15) is 0 Å². The first-order chi connectivity index (χ1) is 5.33. The van der Waals surface area contributed by atoms with Crippen LogP contribution in [0.5, 0.6) is 0 Å². The van der Waals surface area contributed by atoms with Gasteiger partial charge in [-0.05, 0) is 24.3 Å². The summed E-state index contributed by atoms with van der Waals surface area (Å²) in [6, 6.07) is 6.46. The van der Waals surface area contributed by atoms with Gasteiger partial charge in [-0.25, -0.2) is 4.39 Å². The normalized spacial score (nSPS) is 9.55. The van der Waals surface area contributed by atoms with Crippen LogP contribution in [0.25, 0.3) is 0 Å². The summed E-state index contributed by atoms with van der Waals surface area (Å²) in [5.74, 6) is 0.680. The lowest BCUT2D eigenvalue weighted by molar-refractivity contribution is 0.626. The molecule has 0 atom stereocenters. The number of hydrogen-bond acceptors (Lipinski definition) is 1. The minimum atomic E-state index is -0.187. The van der Waals surface area contributed by atoms with Crippen LogP contribution in [0.2, 0.25) is 0 Å². The summed E-state index contributed by atoms with van der Waals surface area (Å²) in [4.78, 5) is 1.08. The Morgan fingerprint density at radius 1 is 1.36 bits per heavy atom. The van der Waals surface area contributed by atoms with Crippen molar-refractivity contribution in [3.63, 3.8) is 0 Å². The van der Waals surface area contributed by atoms with E-state index in [1.54, 1.807) is 23.9 Å². The summed E-state index contributed by atoms with van der Waals surface area (Å²) in [6.07, 6.45) is 1.83. The van der Waals surface area contributed by atoms with Crippen LogP contribution < -0.4 is 0 Å². The quantitative estimate of drug-likeness (QED) is 0.493. The fourth-order valence-corrected chi connectivity index (χ4v) is 1.32. The van der Waals surface area contributed by atoms with Gasteiger partial charge in [0.25, 0.3) is 0 Å². The Kier molecular flexibility index (Phi) is 3.17. The van der Waals surface area contributed by atoms with E-state index in [0.29, 0.717) is 0 Å². The maximum Gasteiger partial charge on any atom is 0.123 e. The van der Waals surface area contributed by atoms with Crippen LogP contribution in [0.3, 0.4) is 0 Å². The van der Waals surface area contributed by atoms with Gasteiger partial charge in [0.2, 0.25) is 0 Å². The van der Waals surface area contributed by atoms with Crippen molar-refractivity contribution in [3.8, 4) is 0 Å². The lowest BCUT2D eigenvalue weighted by Crippen LogP contribution is -1.74. The Morgan fingerprint density at radius 3 is 2.55 bits per heavy atom. The molecule has 0 amide bonds. The lowest BCUT2D eigenvalue weighted by atomic mass is 10.4. The first-order valence-corrected chi connectivity index (χ1v) is 4.31. The van der Waals surface area contributed by atoms with Crippen LogP contribution in [0, 0.1) is 5.82 Å². The molecule has 0 bridgehead atoms. The molecule has 0 spiro atoms. The summed E-state index contributed by atoms with van der Waals surface area (Å²) in [5, 5.41) is 0.